The van der Waals surface area contributed by atoms with E-state index >= 15 is 0 Å². The van der Waals surface area contributed by atoms with Crippen LogP contribution in [0.2, 0.25) is 0 Å². The summed E-state index contributed by atoms with van der Waals surface area (Å²) in [5.74, 6) is 2.66. The fourth-order valence-corrected chi connectivity index (χ4v) is 4.26. The molecule has 3 rings (SSSR count). The number of guanidine groups is 1. The monoisotopic (exact) mass is 570 g/mol. The van der Waals surface area contributed by atoms with Crippen molar-refractivity contribution in [2.75, 3.05) is 34.4 Å². The molecule has 0 saturated heterocycles. The van der Waals surface area contributed by atoms with Crippen molar-refractivity contribution < 1.29 is 18.7 Å². The van der Waals surface area contributed by atoms with Crippen LogP contribution in [0.5, 0.6) is 11.5 Å². The number of carbonyl (C=O) groups is 1. The summed E-state index contributed by atoms with van der Waals surface area (Å²) in [5, 5.41) is 9.36. The van der Waals surface area contributed by atoms with E-state index < -0.39 is 0 Å². The van der Waals surface area contributed by atoms with E-state index in [0.29, 0.717) is 12.5 Å². The van der Waals surface area contributed by atoms with Crippen molar-refractivity contribution >= 4 is 35.8 Å². The number of carbonyl (C=O) groups excluding carboxylic acids is 1. The van der Waals surface area contributed by atoms with Crippen LogP contribution in [-0.2, 0) is 16.8 Å². The molecule has 0 atom stereocenters. The molecule has 182 valence electrons. The minimum atomic E-state index is -0.128. The summed E-state index contributed by atoms with van der Waals surface area (Å²) in [6.07, 6.45) is 7.35. The highest BCUT2D eigenvalue weighted by Crippen LogP contribution is 2.42. The van der Waals surface area contributed by atoms with Crippen LogP contribution in [0.25, 0.3) is 0 Å². The predicted molar refractivity (Wildman–Crippen MR) is 140 cm³/mol. The largest absolute Gasteiger partial charge is 0.493 e. The lowest BCUT2D eigenvalue weighted by Gasteiger charge is -2.38. The minimum absolute atomic E-state index is 0. The maximum absolute atomic E-state index is 12.2. The third-order valence-corrected chi connectivity index (χ3v) is 6.08. The molecule has 1 aromatic heterocycles. The third kappa shape index (κ3) is 7.28. The molecule has 0 bridgehead atoms. The number of aliphatic imine (C=N–C) groups is 1. The Kier molecular flexibility index (Phi) is 10.8. The van der Waals surface area contributed by atoms with Crippen LogP contribution in [0.1, 0.15) is 43.4 Å². The SMILES string of the molecule is CN=C(NCC(=O)NCc1ccco1)NCC1(c2ccc(OC)c(OC)c2)CCCCC1.I. The Balaban J connectivity index is 0.00000385. The molecule has 1 amide bonds. The predicted octanol–water partition coefficient (Wildman–Crippen LogP) is 3.60. The molecule has 0 spiro atoms. The van der Waals surface area contributed by atoms with Crippen molar-refractivity contribution in [1.29, 1.82) is 0 Å². The second-order valence-corrected chi connectivity index (χ2v) is 8.05. The van der Waals surface area contributed by atoms with E-state index in [4.69, 9.17) is 13.9 Å². The zero-order chi connectivity index (χ0) is 22.8. The molecule has 1 heterocycles. The zero-order valence-electron chi connectivity index (χ0n) is 19.6. The number of hydrogen-bond donors (Lipinski definition) is 3. The Bertz CT molecular complexity index is 896. The van der Waals surface area contributed by atoms with Crippen molar-refractivity contribution in [2.24, 2.45) is 4.99 Å². The summed E-state index contributed by atoms with van der Waals surface area (Å²) < 4.78 is 16.2. The summed E-state index contributed by atoms with van der Waals surface area (Å²) in [6.45, 7) is 1.21. The highest BCUT2D eigenvalue weighted by atomic mass is 127. The van der Waals surface area contributed by atoms with Crippen LogP contribution in [0.15, 0.2) is 46.0 Å². The number of hydrogen-bond acceptors (Lipinski definition) is 5. The van der Waals surface area contributed by atoms with Crippen LogP contribution in [-0.4, -0.2) is 46.2 Å². The summed E-state index contributed by atoms with van der Waals surface area (Å²) in [5.41, 5.74) is 1.20. The molecule has 1 aromatic carbocycles. The van der Waals surface area contributed by atoms with Gasteiger partial charge in [0.25, 0.3) is 0 Å². The lowest BCUT2D eigenvalue weighted by Crippen LogP contribution is -2.48. The minimum Gasteiger partial charge on any atom is -0.493 e. The van der Waals surface area contributed by atoms with Gasteiger partial charge in [0, 0.05) is 19.0 Å². The lowest BCUT2D eigenvalue weighted by molar-refractivity contribution is -0.120. The summed E-state index contributed by atoms with van der Waals surface area (Å²) >= 11 is 0. The van der Waals surface area contributed by atoms with Gasteiger partial charge in [-0.15, -0.1) is 24.0 Å². The molecule has 3 N–H and O–H groups in total. The van der Waals surface area contributed by atoms with Crippen molar-refractivity contribution in [2.45, 2.75) is 44.1 Å². The fraction of sp³-hybridized carbons (Fsp3) is 0.500. The van der Waals surface area contributed by atoms with Gasteiger partial charge in [0.2, 0.25) is 5.91 Å². The topological polar surface area (TPSA) is 97.1 Å². The van der Waals surface area contributed by atoms with Gasteiger partial charge < -0.3 is 29.8 Å². The molecule has 1 fully saturated rings. The molecule has 0 unspecified atom stereocenters. The van der Waals surface area contributed by atoms with E-state index in [2.05, 4.69) is 33.1 Å². The molecular weight excluding hydrogens is 535 g/mol. The van der Waals surface area contributed by atoms with Crippen molar-refractivity contribution in [3.8, 4) is 11.5 Å². The zero-order valence-corrected chi connectivity index (χ0v) is 21.9. The Hall–Kier alpha value is -2.43. The molecule has 0 radical (unpaired) electrons. The number of methoxy groups -OCH3 is 2. The second-order valence-electron chi connectivity index (χ2n) is 8.05. The fourth-order valence-electron chi connectivity index (χ4n) is 4.26. The van der Waals surface area contributed by atoms with E-state index in [9.17, 15) is 4.79 Å². The molecule has 1 aliphatic carbocycles. The maximum atomic E-state index is 12.2. The Morgan fingerprint density at radius 2 is 1.82 bits per heavy atom. The normalized spacial score (nSPS) is 15.2. The van der Waals surface area contributed by atoms with Crippen LogP contribution in [0, 0.1) is 0 Å². The van der Waals surface area contributed by atoms with E-state index in [1.54, 1.807) is 33.6 Å². The van der Waals surface area contributed by atoms with Gasteiger partial charge >= 0.3 is 0 Å². The van der Waals surface area contributed by atoms with Crippen molar-refractivity contribution in [3.63, 3.8) is 0 Å². The van der Waals surface area contributed by atoms with Crippen molar-refractivity contribution in [3.05, 3.63) is 47.9 Å². The maximum Gasteiger partial charge on any atom is 0.239 e. The average Bonchev–Trinajstić information content (AvgIpc) is 3.36. The lowest BCUT2D eigenvalue weighted by atomic mass is 9.69. The van der Waals surface area contributed by atoms with Gasteiger partial charge in [0.1, 0.15) is 5.76 Å². The number of nitrogens with zero attached hydrogens (tertiary/aromatic N) is 1. The standard InChI is InChI=1S/C24H34N4O4.HI/c1-25-23(27-16-22(29)26-15-19-8-7-13-32-19)28-17-24(11-5-4-6-12-24)18-9-10-20(30-2)21(14-18)31-3;/h7-10,13-14H,4-6,11-12,15-17H2,1-3H3,(H,26,29)(H2,25,27,28);1H. The van der Waals surface area contributed by atoms with Gasteiger partial charge in [-0.2, -0.15) is 0 Å². The molecule has 9 heteroatoms. The van der Waals surface area contributed by atoms with Crippen molar-refractivity contribution in [1.82, 2.24) is 16.0 Å². The van der Waals surface area contributed by atoms with Crippen LogP contribution in [0.3, 0.4) is 0 Å². The molecule has 0 aliphatic heterocycles. The van der Waals surface area contributed by atoms with Gasteiger partial charge in [0.15, 0.2) is 17.5 Å². The Labute approximate surface area is 212 Å². The number of amides is 1. The molecule has 1 aliphatic rings. The second kappa shape index (κ2) is 13.3. The van der Waals surface area contributed by atoms with E-state index in [0.717, 1.165) is 36.6 Å². The molecular formula is C24H35IN4O4. The highest BCUT2D eigenvalue weighted by molar-refractivity contribution is 14.0. The van der Waals surface area contributed by atoms with E-state index in [1.165, 1.54) is 24.8 Å². The number of ether oxygens (including phenoxy) is 2. The number of halogens is 1. The first-order valence-electron chi connectivity index (χ1n) is 11.1. The van der Waals surface area contributed by atoms with Gasteiger partial charge in [-0.25, -0.2) is 0 Å². The van der Waals surface area contributed by atoms with E-state index in [-0.39, 0.29) is 41.8 Å². The van der Waals surface area contributed by atoms with Gasteiger partial charge in [-0.05, 0) is 42.7 Å². The number of benzene rings is 1. The molecule has 2 aromatic rings. The highest BCUT2D eigenvalue weighted by Gasteiger charge is 2.34. The Morgan fingerprint density at radius 3 is 2.45 bits per heavy atom. The summed E-state index contributed by atoms with van der Waals surface area (Å²) in [7, 11) is 5.02. The molecule has 1 saturated carbocycles. The first-order chi connectivity index (χ1) is 15.6. The molecule has 33 heavy (non-hydrogen) atoms. The Morgan fingerprint density at radius 1 is 1.06 bits per heavy atom. The van der Waals surface area contributed by atoms with Crippen LogP contribution < -0.4 is 25.4 Å². The summed E-state index contributed by atoms with van der Waals surface area (Å²) in [6, 6.07) is 9.81. The van der Waals surface area contributed by atoms with E-state index in [1.807, 2.05) is 12.1 Å². The smallest absolute Gasteiger partial charge is 0.239 e. The van der Waals surface area contributed by atoms with Gasteiger partial charge in [-0.3, -0.25) is 9.79 Å². The van der Waals surface area contributed by atoms with Gasteiger partial charge in [0.05, 0.1) is 33.6 Å². The number of rotatable bonds is 9. The number of furan rings is 1. The molecule has 8 nitrogen and oxygen atoms in total. The average molecular weight is 570 g/mol. The third-order valence-electron chi connectivity index (χ3n) is 6.08. The number of nitrogens with one attached hydrogen (secondary N) is 3. The quantitative estimate of drug-likeness (QED) is 0.242. The summed E-state index contributed by atoms with van der Waals surface area (Å²) in [4.78, 5) is 16.4. The first-order valence-corrected chi connectivity index (χ1v) is 11.1. The van der Waals surface area contributed by atoms with Crippen LogP contribution >= 0.6 is 24.0 Å². The van der Waals surface area contributed by atoms with Gasteiger partial charge in [-0.1, -0.05) is 25.3 Å². The first kappa shape index (κ1) is 26.8. The van der Waals surface area contributed by atoms with Crippen LogP contribution in [0.4, 0.5) is 0 Å².